The first-order valence-electron chi connectivity index (χ1n) is 7.28. The standard InChI is InChI=1S/C14H21N3O4S2.HI/c1-15-14(17-12-7-9-22(18,19)11-12)16-8-10-23(20,21)13-5-3-2-4-6-13;/h2-6,12H,7-11H2,1H3,(H2,15,16,17);1H. The Morgan fingerprint density at radius 1 is 1.29 bits per heavy atom. The summed E-state index contributed by atoms with van der Waals surface area (Å²) >= 11 is 0. The molecule has 10 heteroatoms. The first-order chi connectivity index (χ1) is 10.8. The quantitative estimate of drug-likeness (QED) is 0.355. The van der Waals surface area contributed by atoms with Crippen molar-refractivity contribution in [3.63, 3.8) is 0 Å². The van der Waals surface area contributed by atoms with E-state index < -0.39 is 19.7 Å². The predicted octanol–water partition coefficient (Wildman–Crippen LogP) is 0.430. The molecule has 7 nitrogen and oxygen atoms in total. The van der Waals surface area contributed by atoms with E-state index in [1.807, 2.05) is 0 Å². The van der Waals surface area contributed by atoms with Crippen LogP contribution in [-0.4, -0.2) is 59.7 Å². The molecule has 24 heavy (non-hydrogen) atoms. The van der Waals surface area contributed by atoms with E-state index in [4.69, 9.17) is 0 Å². The van der Waals surface area contributed by atoms with E-state index in [0.717, 1.165) is 0 Å². The molecule has 1 aromatic rings. The van der Waals surface area contributed by atoms with Crippen molar-refractivity contribution in [3.05, 3.63) is 30.3 Å². The van der Waals surface area contributed by atoms with E-state index in [-0.39, 0.29) is 58.7 Å². The Hall–Kier alpha value is -0.880. The van der Waals surface area contributed by atoms with Crippen molar-refractivity contribution in [1.82, 2.24) is 10.6 Å². The van der Waals surface area contributed by atoms with E-state index in [1.165, 1.54) is 0 Å². The van der Waals surface area contributed by atoms with Crippen molar-refractivity contribution in [2.24, 2.45) is 4.99 Å². The second kappa shape index (κ2) is 8.99. The molecule has 136 valence electrons. The molecule has 0 aromatic heterocycles. The van der Waals surface area contributed by atoms with Crippen LogP contribution in [0.5, 0.6) is 0 Å². The summed E-state index contributed by atoms with van der Waals surface area (Å²) in [4.78, 5) is 4.28. The molecule has 0 bridgehead atoms. The van der Waals surface area contributed by atoms with Gasteiger partial charge >= 0.3 is 0 Å². The van der Waals surface area contributed by atoms with E-state index in [9.17, 15) is 16.8 Å². The normalized spacial score (nSPS) is 20.2. The lowest BCUT2D eigenvalue weighted by Gasteiger charge is -2.16. The van der Waals surface area contributed by atoms with Gasteiger partial charge < -0.3 is 10.6 Å². The molecule has 0 aliphatic carbocycles. The first-order valence-corrected chi connectivity index (χ1v) is 10.8. The van der Waals surface area contributed by atoms with Crippen LogP contribution in [0.15, 0.2) is 40.2 Å². The van der Waals surface area contributed by atoms with Gasteiger partial charge in [0.2, 0.25) is 0 Å². The summed E-state index contributed by atoms with van der Waals surface area (Å²) in [6, 6.07) is 8.07. The summed E-state index contributed by atoms with van der Waals surface area (Å²) in [5.41, 5.74) is 0. The van der Waals surface area contributed by atoms with Gasteiger partial charge in [-0.15, -0.1) is 24.0 Å². The second-order valence-corrected chi connectivity index (χ2v) is 9.71. The molecule has 0 saturated carbocycles. The van der Waals surface area contributed by atoms with Gasteiger partial charge in [0.1, 0.15) is 0 Å². The molecule has 1 aliphatic heterocycles. The Morgan fingerprint density at radius 2 is 1.96 bits per heavy atom. The summed E-state index contributed by atoms with van der Waals surface area (Å²) < 4.78 is 47.2. The number of rotatable bonds is 5. The minimum absolute atomic E-state index is 0. The summed E-state index contributed by atoms with van der Waals surface area (Å²) in [5, 5.41) is 5.93. The minimum atomic E-state index is -3.35. The Morgan fingerprint density at radius 3 is 2.50 bits per heavy atom. The largest absolute Gasteiger partial charge is 0.355 e. The number of hydrogen-bond donors (Lipinski definition) is 2. The van der Waals surface area contributed by atoms with Crippen molar-refractivity contribution in [2.45, 2.75) is 17.4 Å². The number of benzene rings is 1. The van der Waals surface area contributed by atoms with Crippen molar-refractivity contribution in [2.75, 3.05) is 30.9 Å². The van der Waals surface area contributed by atoms with Crippen molar-refractivity contribution in [1.29, 1.82) is 0 Å². The van der Waals surface area contributed by atoms with Gasteiger partial charge in [-0.2, -0.15) is 0 Å². The zero-order valence-electron chi connectivity index (χ0n) is 13.3. The fraction of sp³-hybridized carbons (Fsp3) is 0.500. The fourth-order valence-corrected chi connectivity index (χ4v) is 5.20. The van der Waals surface area contributed by atoms with Gasteiger partial charge in [0.25, 0.3) is 0 Å². The van der Waals surface area contributed by atoms with Crippen LogP contribution in [0, 0.1) is 0 Å². The smallest absolute Gasteiger partial charge is 0.191 e. The summed E-state index contributed by atoms with van der Waals surface area (Å²) in [5.74, 6) is 0.594. The highest BCUT2D eigenvalue weighted by Gasteiger charge is 2.28. The van der Waals surface area contributed by atoms with Gasteiger partial charge in [0, 0.05) is 19.6 Å². The van der Waals surface area contributed by atoms with Crippen LogP contribution in [-0.2, 0) is 19.7 Å². The molecule has 1 aliphatic rings. The molecule has 1 unspecified atom stereocenters. The van der Waals surface area contributed by atoms with Crippen LogP contribution < -0.4 is 10.6 Å². The lowest BCUT2D eigenvalue weighted by Crippen LogP contribution is -2.45. The molecule has 1 saturated heterocycles. The van der Waals surface area contributed by atoms with Crippen LogP contribution >= 0.6 is 24.0 Å². The third kappa shape index (κ3) is 6.20. The SMILES string of the molecule is CN=C(NCCS(=O)(=O)c1ccccc1)NC1CCS(=O)(=O)C1.I. The average molecular weight is 487 g/mol. The topological polar surface area (TPSA) is 105 Å². The fourth-order valence-electron chi connectivity index (χ4n) is 2.35. The summed E-state index contributed by atoms with van der Waals surface area (Å²) in [6.07, 6.45) is 0.533. The molecule has 1 heterocycles. The monoisotopic (exact) mass is 487 g/mol. The van der Waals surface area contributed by atoms with Gasteiger partial charge in [-0.05, 0) is 18.6 Å². The van der Waals surface area contributed by atoms with Gasteiger partial charge in [-0.25, -0.2) is 16.8 Å². The van der Waals surface area contributed by atoms with E-state index >= 15 is 0 Å². The van der Waals surface area contributed by atoms with E-state index in [0.29, 0.717) is 12.4 Å². The number of nitrogens with one attached hydrogen (secondary N) is 2. The van der Waals surface area contributed by atoms with Gasteiger partial charge in [0.05, 0.1) is 22.2 Å². The minimum Gasteiger partial charge on any atom is -0.355 e. The van der Waals surface area contributed by atoms with Crippen molar-refractivity contribution >= 4 is 49.6 Å². The number of halogens is 1. The number of sulfone groups is 2. The van der Waals surface area contributed by atoms with Crippen LogP contribution in [0.2, 0.25) is 0 Å². The Balaban J connectivity index is 0.00000288. The number of guanidine groups is 1. The maximum Gasteiger partial charge on any atom is 0.191 e. The highest BCUT2D eigenvalue weighted by atomic mass is 127. The molecular formula is C14H22IN3O4S2. The molecule has 0 spiro atoms. The Bertz CT molecular complexity index is 764. The highest BCUT2D eigenvalue weighted by Crippen LogP contribution is 2.11. The highest BCUT2D eigenvalue weighted by molar-refractivity contribution is 14.0. The molecular weight excluding hydrogens is 465 g/mol. The third-order valence-corrected chi connectivity index (χ3v) is 7.06. The van der Waals surface area contributed by atoms with E-state index in [1.54, 1.807) is 37.4 Å². The van der Waals surface area contributed by atoms with Gasteiger partial charge in [-0.3, -0.25) is 4.99 Å². The Labute approximate surface area is 160 Å². The molecule has 0 radical (unpaired) electrons. The predicted molar refractivity (Wildman–Crippen MR) is 105 cm³/mol. The third-order valence-electron chi connectivity index (χ3n) is 3.56. The number of nitrogens with zero attached hydrogens (tertiary/aromatic N) is 1. The molecule has 1 aromatic carbocycles. The van der Waals surface area contributed by atoms with E-state index in [2.05, 4.69) is 15.6 Å². The summed E-state index contributed by atoms with van der Waals surface area (Å²) in [7, 11) is -4.76. The average Bonchev–Trinajstić information content (AvgIpc) is 2.86. The van der Waals surface area contributed by atoms with Crippen LogP contribution in [0.1, 0.15) is 6.42 Å². The maximum atomic E-state index is 12.2. The number of aliphatic imine (C=N–C) groups is 1. The van der Waals surface area contributed by atoms with Crippen LogP contribution in [0.4, 0.5) is 0 Å². The molecule has 2 N–H and O–H groups in total. The van der Waals surface area contributed by atoms with Gasteiger partial charge in [-0.1, -0.05) is 18.2 Å². The second-order valence-electron chi connectivity index (χ2n) is 5.38. The Kier molecular flexibility index (Phi) is 7.93. The number of hydrogen-bond acceptors (Lipinski definition) is 5. The summed E-state index contributed by atoms with van der Waals surface area (Å²) in [6.45, 7) is 0.191. The molecule has 2 rings (SSSR count). The lowest BCUT2D eigenvalue weighted by atomic mass is 10.3. The van der Waals surface area contributed by atoms with Crippen molar-refractivity contribution in [3.8, 4) is 0 Å². The zero-order valence-corrected chi connectivity index (χ0v) is 17.3. The molecule has 1 atom stereocenters. The van der Waals surface area contributed by atoms with Gasteiger partial charge in [0.15, 0.2) is 25.6 Å². The van der Waals surface area contributed by atoms with Crippen LogP contribution in [0.25, 0.3) is 0 Å². The molecule has 1 fully saturated rings. The maximum absolute atomic E-state index is 12.2. The lowest BCUT2D eigenvalue weighted by molar-refractivity contribution is 0.594. The molecule has 0 amide bonds. The first kappa shape index (κ1) is 21.2. The van der Waals surface area contributed by atoms with Crippen molar-refractivity contribution < 1.29 is 16.8 Å². The zero-order chi connectivity index (χ0) is 16.9. The van der Waals surface area contributed by atoms with Crippen LogP contribution in [0.3, 0.4) is 0 Å².